The minimum absolute atomic E-state index is 0.00788. The zero-order valence-electron chi connectivity index (χ0n) is 14.0. The van der Waals surface area contributed by atoms with Crippen LogP contribution in [0, 0.1) is 10.8 Å². The van der Waals surface area contributed by atoms with Crippen molar-refractivity contribution in [3.05, 3.63) is 0 Å². The van der Waals surface area contributed by atoms with Crippen LogP contribution in [0.3, 0.4) is 0 Å². The van der Waals surface area contributed by atoms with Crippen LogP contribution in [-0.4, -0.2) is 60.2 Å². The van der Waals surface area contributed by atoms with Gasteiger partial charge in [0.25, 0.3) is 0 Å². The number of carbonyl (C=O) groups is 1. The molecule has 2 fully saturated rings. The van der Waals surface area contributed by atoms with Crippen molar-refractivity contribution < 1.29 is 27.8 Å². The minimum atomic E-state index is -4.37. The summed E-state index contributed by atoms with van der Waals surface area (Å²) in [6.07, 6.45) is -5.06. The molecule has 5 nitrogen and oxygen atoms in total. The van der Waals surface area contributed by atoms with Crippen LogP contribution in [0.1, 0.15) is 34.1 Å². The lowest BCUT2D eigenvalue weighted by molar-refractivity contribution is -0.192. The van der Waals surface area contributed by atoms with E-state index in [2.05, 4.69) is 5.32 Å². The zero-order chi connectivity index (χ0) is 17.7. The Morgan fingerprint density at radius 1 is 1.35 bits per heavy atom. The molecule has 0 bridgehead atoms. The van der Waals surface area contributed by atoms with E-state index in [1.807, 2.05) is 0 Å². The summed E-state index contributed by atoms with van der Waals surface area (Å²) < 4.78 is 45.9. The fourth-order valence-electron chi connectivity index (χ4n) is 3.38. The number of carbonyl (C=O) groups excluding carboxylic acids is 1. The minimum Gasteiger partial charge on any atom is -0.444 e. The normalized spacial score (nSPS) is 31.7. The number of ether oxygens (including phenoxy) is 1. The van der Waals surface area contributed by atoms with Crippen LogP contribution in [0.2, 0.25) is 0 Å². The summed E-state index contributed by atoms with van der Waals surface area (Å²) in [7, 11) is 0. The van der Waals surface area contributed by atoms with E-state index in [0.29, 0.717) is 0 Å². The van der Waals surface area contributed by atoms with Gasteiger partial charge in [-0.15, -0.1) is 0 Å². The van der Waals surface area contributed by atoms with Crippen LogP contribution in [-0.2, 0) is 4.74 Å². The number of aliphatic hydroxyl groups excluding tert-OH is 1. The largest absolute Gasteiger partial charge is 0.444 e. The molecule has 1 saturated heterocycles. The quantitative estimate of drug-likeness (QED) is 0.824. The summed E-state index contributed by atoms with van der Waals surface area (Å²) in [6, 6.07) is -0.286. The molecule has 0 aromatic rings. The van der Waals surface area contributed by atoms with E-state index in [4.69, 9.17) is 9.84 Å². The monoisotopic (exact) mass is 338 g/mol. The van der Waals surface area contributed by atoms with Gasteiger partial charge in [0.15, 0.2) is 0 Å². The number of hydrogen-bond donors (Lipinski definition) is 2. The van der Waals surface area contributed by atoms with Crippen LogP contribution in [0.15, 0.2) is 0 Å². The maximum absolute atomic E-state index is 13.6. The number of amides is 1. The first-order chi connectivity index (χ1) is 10.4. The summed E-state index contributed by atoms with van der Waals surface area (Å²) in [5, 5.41) is 12.0. The number of alkyl halides is 3. The van der Waals surface area contributed by atoms with E-state index >= 15 is 0 Å². The number of hydrogen-bond acceptors (Lipinski definition) is 4. The third-order valence-corrected chi connectivity index (χ3v) is 4.74. The maximum atomic E-state index is 13.6. The Kier molecular flexibility index (Phi) is 4.39. The average Bonchev–Trinajstić information content (AvgIpc) is 2.91. The first-order valence-electron chi connectivity index (χ1n) is 7.75. The molecular weight excluding hydrogens is 313 g/mol. The first-order valence-corrected chi connectivity index (χ1v) is 7.75. The number of halogens is 3. The van der Waals surface area contributed by atoms with Gasteiger partial charge < -0.3 is 20.1 Å². The number of aliphatic hydroxyl groups is 1. The summed E-state index contributed by atoms with van der Waals surface area (Å²) >= 11 is 0. The molecule has 1 aliphatic carbocycles. The lowest BCUT2D eigenvalue weighted by Gasteiger charge is -2.27. The molecule has 0 radical (unpaired) electrons. The molecule has 2 N–H and O–H groups in total. The fraction of sp³-hybridized carbons (Fsp3) is 0.933. The van der Waals surface area contributed by atoms with Gasteiger partial charge in [0, 0.05) is 31.1 Å². The molecule has 1 amide bonds. The SMILES string of the molecule is CC(CO)NC[C@@]12CN(C(=O)OC(C)(C)C)C[C@]1(C(F)(F)F)C2. The predicted octanol–water partition coefficient (Wildman–Crippen LogP) is 2.15. The van der Waals surface area contributed by atoms with Crippen molar-refractivity contribution in [2.75, 3.05) is 26.2 Å². The van der Waals surface area contributed by atoms with E-state index in [1.54, 1.807) is 27.7 Å². The molecule has 1 aliphatic heterocycles. The number of nitrogens with one attached hydrogen (secondary N) is 1. The maximum Gasteiger partial charge on any atom is 0.410 e. The van der Waals surface area contributed by atoms with Gasteiger partial charge in [-0.3, -0.25) is 0 Å². The first kappa shape index (κ1) is 18.3. The Bertz CT molecular complexity index is 478. The Morgan fingerprint density at radius 3 is 2.43 bits per heavy atom. The fourth-order valence-corrected chi connectivity index (χ4v) is 3.38. The topological polar surface area (TPSA) is 61.8 Å². The van der Waals surface area contributed by atoms with Crippen molar-refractivity contribution in [2.24, 2.45) is 10.8 Å². The van der Waals surface area contributed by atoms with Gasteiger partial charge in [0.2, 0.25) is 0 Å². The van der Waals surface area contributed by atoms with Gasteiger partial charge in [0.1, 0.15) is 5.60 Å². The van der Waals surface area contributed by atoms with Crippen LogP contribution in [0.4, 0.5) is 18.0 Å². The molecule has 0 aromatic carbocycles. The molecule has 8 heteroatoms. The molecule has 0 aromatic heterocycles. The highest BCUT2D eigenvalue weighted by molar-refractivity contribution is 5.69. The summed E-state index contributed by atoms with van der Waals surface area (Å²) in [6.45, 7) is 6.38. The Hall–Kier alpha value is -1.02. The Balaban J connectivity index is 2.12. The van der Waals surface area contributed by atoms with Crippen molar-refractivity contribution >= 4 is 6.09 Å². The predicted molar refractivity (Wildman–Crippen MR) is 77.9 cm³/mol. The van der Waals surface area contributed by atoms with E-state index in [1.165, 1.54) is 0 Å². The van der Waals surface area contributed by atoms with Crippen molar-refractivity contribution in [1.29, 1.82) is 0 Å². The Labute approximate surface area is 134 Å². The zero-order valence-corrected chi connectivity index (χ0v) is 14.0. The summed E-state index contributed by atoms with van der Waals surface area (Å²) in [4.78, 5) is 13.3. The molecule has 23 heavy (non-hydrogen) atoms. The molecule has 2 aliphatic rings. The summed E-state index contributed by atoms with van der Waals surface area (Å²) in [5.41, 5.74) is -3.63. The third kappa shape index (κ3) is 3.28. The summed E-state index contributed by atoms with van der Waals surface area (Å²) in [5.74, 6) is 0. The van der Waals surface area contributed by atoms with Gasteiger partial charge in [-0.05, 0) is 34.1 Å². The lowest BCUT2D eigenvalue weighted by atomic mass is 9.95. The molecule has 134 valence electrons. The van der Waals surface area contributed by atoms with Gasteiger partial charge in [0.05, 0.1) is 12.0 Å². The highest BCUT2D eigenvalue weighted by Crippen LogP contribution is 2.74. The second kappa shape index (κ2) is 5.51. The van der Waals surface area contributed by atoms with Gasteiger partial charge in [-0.2, -0.15) is 13.2 Å². The van der Waals surface area contributed by atoms with Crippen LogP contribution in [0.5, 0.6) is 0 Å². The molecular formula is C15H25F3N2O3. The van der Waals surface area contributed by atoms with Crippen molar-refractivity contribution in [1.82, 2.24) is 10.2 Å². The van der Waals surface area contributed by atoms with E-state index in [-0.39, 0.29) is 38.7 Å². The standard InChI is InChI=1S/C15H25F3N2O3/c1-10(5-21)19-7-13-6-14(13,15(16,17)18)9-20(8-13)11(22)23-12(2,3)4/h10,19,21H,5-9H2,1-4H3/t10?,13-,14+/m0/s1. The van der Waals surface area contributed by atoms with Crippen LogP contribution >= 0.6 is 0 Å². The van der Waals surface area contributed by atoms with Gasteiger partial charge >= 0.3 is 12.3 Å². The number of fused-ring (bicyclic) bond motifs is 1. The average molecular weight is 338 g/mol. The van der Waals surface area contributed by atoms with Crippen molar-refractivity contribution in [3.63, 3.8) is 0 Å². The van der Waals surface area contributed by atoms with Crippen molar-refractivity contribution in [3.8, 4) is 0 Å². The van der Waals surface area contributed by atoms with Crippen LogP contribution in [0.25, 0.3) is 0 Å². The molecule has 1 saturated carbocycles. The second-order valence-electron chi connectivity index (χ2n) is 7.84. The second-order valence-corrected chi connectivity index (χ2v) is 7.84. The number of nitrogens with zero attached hydrogens (tertiary/aromatic N) is 1. The molecule has 2 rings (SSSR count). The van der Waals surface area contributed by atoms with Gasteiger partial charge in [-0.1, -0.05) is 0 Å². The van der Waals surface area contributed by atoms with Crippen LogP contribution < -0.4 is 5.32 Å². The van der Waals surface area contributed by atoms with Crippen molar-refractivity contribution in [2.45, 2.75) is 51.9 Å². The third-order valence-electron chi connectivity index (χ3n) is 4.74. The van der Waals surface area contributed by atoms with E-state index < -0.39 is 28.7 Å². The van der Waals surface area contributed by atoms with E-state index in [0.717, 1.165) is 4.90 Å². The molecule has 1 unspecified atom stereocenters. The highest BCUT2D eigenvalue weighted by Gasteiger charge is 2.83. The smallest absolute Gasteiger partial charge is 0.410 e. The number of rotatable bonds is 4. The molecule has 0 spiro atoms. The van der Waals surface area contributed by atoms with Gasteiger partial charge in [-0.25, -0.2) is 4.79 Å². The molecule has 1 heterocycles. The highest BCUT2D eigenvalue weighted by atomic mass is 19.4. The van der Waals surface area contributed by atoms with E-state index in [9.17, 15) is 18.0 Å². The number of likely N-dealkylation sites (tertiary alicyclic amines) is 1. The molecule has 3 atom stereocenters. The number of piperidine rings is 1. The Morgan fingerprint density at radius 2 is 1.96 bits per heavy atom. The lowest BCUT2D eigenvalue weighted by Crippen LogP contribution is -2.40.